The minimum absolute atomic E-state index is 0.728. The zero-order valence-corrected chi connectivity index (χ0v) is 14.5. The van der Waals surface area contributed by atoms with Crippen molar-refractivity contribution in [2.45, 2.75) is 20.4 Å². The molecule has 1 saturated heterocycles. The molecule has 1 fully saturated rings. The molecule has 25 heavy (non-hydrogen) atoms. The van der Waals surface area contributed by atoms with E-state index in [1.807, 2.05) is 38.2 Å². The highest BCUT2D eigenvalue weighted by molar-refractivity contribution is 5.40. The number of aromatic nitrogens is 5. The Morgan fingerprint density at radius 2 is 1.80 bits per heavy atom. The Hall–Kier alpha value is -2.74. The molecule has 0 radical (unpaired) electrons. The maximum atomic E-state index is 5.26. The molecule has 1 aliphatic rings. The highest BCUT2D eigenvalue weighted by Gasteiger charge is 2.21. The van der Waals surface area contributed by atoms with Crippen LogP contribution >= 0.6 is 0 Å². The molecular weight excluding hydrogens is 318 g/mol. The molecule has 8 nitrogen and oxygen atoms in total. The Kier molecular flexibility index (Phi) is 4.19. The third kappa shape index (κ3) is 3.25. The summed E-state index contributed by atoms with van der Waals surface area (Å²) in [4.78, 5) is 4.69. The van der Waals surface area contributed by atoms with Gasteiger partial charge in [-0.05, 0) is 32.0 Å². The summed E-state index contributed by atoms with van der Waals surface area (Å²) in [6.07, 6.45) is 3.59. The first-order valence-electron chi connectivity index (χ1n) is 8.43. The third-order valence-electron chi connectivity index (χ3n) is 4.63. The van der Waals surface area contributed by atoms with E-state index >= 15 is 0 Å². The van der Waals surface area contributed by atoms with Crippen LogP contribution in [0, 0.1) is 13.8 Å². The van der Waals surface area contributed by atoms with Crippen LogP contribution in [0.3, 0.4) is 0 Å². The molecule has 0 N–H and O–H groups in total. The summed E-state index contributed by atoms with van der Waals surface area (Å²) in [5.41, 5.74) is 2.19. The molecule has 0 unspecified atom stereocenters. The third-order valence-corrected chi connectivity index (χ3v) is 4.63. The van der Waals surface area contributed by atoms with Gasteiger partial charge in [0.25, 0.3) is 0 Å². The molecule has 0 spiro atoms. The van der Waals surface area contributed by atoms with E-state index in [1.165, 1.54) is 5.56 Å². The normalized spacial score (nSPS) is 15.7. The smallest absolute Gasteiger partial charge is 0.175 e. The summed E-state index contributed by atoms with van der Waals surface area (Å²) in [6, 6.07) is 5.83. The van der Waals surface area contributed by atoms with E-state index in [1.54, 1.807) is 10.9 Å². The van der Waals surface area contributed by atoms with E-state index in [4.69, 9.17) is 4.52 Å². The van der Waals surface area contributed by atoms with E-state index in [-0.39, 0.29) is 0 Å². The Balaban J connectivity index is 1.37. The van der Waals surface area contributed by atoms with Crippen molar-refractivity contribution >= 4 is 5.82 Å². The molecule has 1 aliphatic heterocycles. The first-order valence-corrected chi connectivity index (χ1v) is 8.43. The molecule has 4 heterocycles. The molecule has 3 aromatic rings. The quantitative estimate of drug-likeness (QED) is 0.714. The molecule has 0 amide bonds. The van der Waals surface area contributed by atoms with Gasteiger partial charge in [-0.25, -0.2) is 4.68 Å². The molecule has 0 bridgehead atoms. The van der Waals surface area contributed by atoms with Crippen molar-refractivity contribution in [1.29, 1.82) is 0 Å². The van der Waals surface area contributed by atoms with Crippen LogP contribution in [0.5, 0.6) is 0 Å². The summed E-state index contributed by atoms with van der Waals surface area (Å²) < 4.78 is 6.96. The van der Waals surface area contributed by atoms with Crippen molar-refractivity contribution in [3.05, 3.63) is 47.6 Å². The minimum atomic E-state index is 0.728. The number of nitrogens with zero attached hydrogens (tertiary/aromatic N) is 7. The van der Waals surface area contributed by atoms with Crippen molar-refractivity contribution in [3.8, 4) is 5.82 Å². The van der Waals surface area contributed by atoms with Crippen molar-refractivity contribution in [3.63, 3.8) is 0 Å². The van der Waals surface area contributed by atoms with Crippen LogP contribution < -0.4 is 4.90 Å². The number of hydrogen-bond donors (Lipinski definition) is 0. The lowest BCUT2D eigenvalue weighted by molar-refractivity contribution is 0.247. The van der Waals surface area contributed by atoms with Gasteiger partial charge in [0.2, 0.25) is 0 Å². The molecule has 4 rings (SSSR count). The van der Waals surface area contributed by atoms with Crippen molar-refractivity contribution in [2.24, 2.45) is 0 Å². The lowest BCUT2D eigenvalue weighted by Gasteiger charge is -2.35. The number of rotatable bonds is 4. The van der Waals surface area contributed by atoms with E-state index in [0.29, 0.717) is 0 Å². The van der Waals surface area contributed by atoms with Crippen LogP contribution in [0.1, 0.15) is 17.0 Å². The minimum Gasteiger partial charge on any atom is -0.361 e. The van der Waals surface area contributed by atoms with E-state index < -0.39 is 0 Å². The highest BCUT2D eigenvalue weighted by Crippen LogP contribution is 2.18. The lowest BCUT2D eigenvalue weighted by Crippen LogP contribution is -2.46. The molecule has 0 atom stereocenters. The fourth-order valence-electron chi connectivity index (χ4n) is 3.10. The average molecular weight is 339 g/mol. The van der Waals surface area contributed by atoms with E-state index in [0.717, 1.165) is 55.8 Å². The van der Waals surface area contributed by atoms with Gasteiger partial charge in [0.15, 0.2) is 11.6 Å². The van der Waals surface area contributed by atoms with Gasteiger partial charge < -0.3 is 9.42 Å². The molecule has 0 aliphatic carbocycles. The predicted octanol–water partition coefficient (Wildman–Crippen LogP) is 1.59. The lowest BCUT2D eigenvalue weighted by atomic mass is 10.2. The van der Waals surface area contributed by atoms with Gasteiger partial charge in [0, 0.05) is 50.7 Å². The monoisotopic (exact) mass is 339 g/mol. The van der Waals surface area contributed by atoms with Gasteiger partial charge >= 0.3 is 0 Å². The second-order valence-corrected chi connectivity index (χ2v) is 6.27. The number of anilines is 1. The van der Waals surface area contributed by atoms with Gasteiger partial charge in [-0.15, -0.1) is 10.2 Å². The Morgan fingerprint density at radius 3 is 2.40 bits per heavy atom. The average Bonchev–Trinajstić information content (AvgIpc) is 3.29. The van der Waals surface area contributed by atoms with Crippen molar-refractivity contribution in [1.82, 2.24) is 30.0 Å². The first kappa shape index (κ1) is 15.8. The number of piperazine rings is 1. The van der Waals surface area contributed by atoms with Crippen molar-refractivity contribution in [2.75, 3.05) is 31.1 Å². The van der Waals surface area contributed by atoms with Crippen LogP contribution in [-0.4, -0.2) is 56.2 Å². The highest BCUT2D eigenvalue weighted by atomic mass is 16.5. The standard InChI is InChI=1S/C17H21N7O/c1-13-15(14(2)25-21-13)12-22-8-10-23(11-9-22)16-4-5-17(20-19-16)24-7-3-6-18-24/h3-7H,8-12H2,1-2H3. The van der Waals surface area contributed by atoms with Gasteiger partial charge in [-0.3, -0.25) is 4.90 Å². The topological polar surface area (TPSA) is 76.1 Å². The molecule has 130 valence electrons. The van der Waals surface area contributed by atoms with E-state index in [2.05, 4.69) is 30.3 Å². The van der Waals surface area contributed by atoms with Gasteiger partial charge in [-0.1, -0.05) is 5.16 Å². The van der Waals surface area contributed by atoms with E-state index in [9.17, 15) is 0 Å². The number of aryl methyl sites for hydroxylation is 2. The van der Waals surface area contributed by atoms with Gasteiger partial charge in [-0.2, -0.15) is 5.10 Å². The van der Waals surface area contributed by atoms with Crippen LogP contribution in [0.25, 0.3) is 5.82 Å². The zero-order chi connectivity index (χ0) is 17.2. The summed E-state index contributed by atoms with van der Waals surface area (Å²) in [7, 11) is 0. The summed E-state index contributed by atoms with van der Waals surface area (Å²) in [5, 5.41) is 16.8. The zero-order valence-electron chi connectivity index (χ0n) is 14.5. The molecule has 0 saturated carbocycles. The fourth-order valence-corrected chi connectivity index (χ4v) is 3.10. The first-order chi connectivity index (χ1) is 12.2. The maximum absolute atomic E-state index is 5.26. The fraction of sp³-hybridized carbons (Fsp3) is 0.412. The predicted molar refractivity (Wildman–Crippen MR) is 92.6 cm³/mol. The summed E-state index contributed by atoms with van der Waals surface area (Å²) in [5.74, 6) is 2.55. The van der Waals surface area contributed by atoms with Crippen LogP contribution in [-0.2, 0) is 6.54 Å². The molecule has 0 aromatic carbocycles. The maximum Gasteiger partial charge on any atom is 0.175 e. The second kappa shape index (κ2) is 6.64. The van der Waals surface area contributed by atoms with Crippen LogP contribution in [0.2, 0.25) is 0 Å². The summed E-state index contributed by atoms with van der Waals surface area (Å²) in [6.45, 7) is 8.68. The van der Waals surface area contributed by atoms with Crippen LogP contribution in [0.15, 0.2) is 35.1 Å². The Labute approximate surface area is 146 Å². The largest absolute Gasteiger partial charge is 0.361 e. The molecule has 8 heteroatoms. The van der Waals surface area contributed by atoms with Crippen molar-refractivity contribution < 1.29 is 4.52 Å². The summed E-state index contributed by atoms with van der Waals surface area (Å²) >= 11 is 0. The van der Waals surface area contributed by atoms with Gasteiger partial charge in [0.1, 0.15) is 5.76 Å². The Bertz CT molecular complexity index is 798. The molecular formula is C17H21N7O. The molecule has 3 aromatic heterocycles. The van der Waals surface area contributed by atoms with Crippen LogP contribution in [0.4, 0.5) is 5.82 Å². The second-order valence-electron chi connectivity index (χ2n) is 6.27. The Morgan fingerprint density at radius 1 is 1.04 bits per heavy atom. The number of hydrogen-bond acceptors (Lipinski definition) is 7. The SMILES string of the molecule is Cc1noc(C)c1CN1CCN(c2ccc(-n3cccn3)nn2)CC1. The van der Waals surface area contributed by atoms with Gasteiger partial charge in [0.05, 0.1) is 5.69 Å².